The van der Waals surface area contributed by atoms with Crippen molar-refractivity contribution in [1.29, 1.82) is 0 Å². The number of carbonyl (C=O) groups excluding carboxylic acids is 1. The number of benzene rings is 3. The van der Waals surface area contributed by atoms with Crippen LogP contribution in [0.5, 0.6) is 23.0 Å². The average molecular weight is 534 g/mol. The van der Waals surface area contributed by atoms with E-state index < -0.39 is 16.4 Å². The quantitative estimate of drug-likeness (QED) is 0.394. The van der Waals surface area contributed by atoms with Crippen LogP contribution in [0.25, 0.3) is 6.08 Å². The topological polar surface area (TPSA) is 117 Å². The highest BCUT2D eigenvalue weighted by Crippen LogP contribution is 2.56. The summed E-state index contributed by atoms with van der Waals surface area (Å²) in [4.78, 5) is 15.4. The summed E-state index contributed by atoms with van der Waals surface area (Å²) < 4.78 is 23.0. The van der Waals surface area contributed by atoms with E-state index in [1.54, 1.807) is 38.5 Å². The Balaban J connectivity index is 1.55. The predicted molar refractivity (Wildman–Crippen MR) is 146 cm³/mol. The van der Waals surface area contributed by atoms with Crippen molar-refractivity contribution in [2.24, 2.45) is 0 Å². The summed E-state index contributed by atoms with van der Waals surface area (Å²) >= 11 is 0. The standard InChI is InChI=1S/C29H31N3O7/c1-28(2)23-8-6-7-9-24(23)31(17-26(33)30-19-13-21(36-3)16-22(14-19)37-4)29(28)11-10-18-12-20(32(34)35)15-25(38-5)27(18)39-29/h6-16,32,34H,17H2,1-5H3,(H,30,33). The van der Waals surface area contributed by atoms with E-state index in [0.717, 1.165) is 11.3 Å². The molecule has 3 aromatic carbocycles. The molecule has 10 heteroatoms. The first-order valence-corrected chi connectivity index (χ1v) is 12.4. The van der Waals surface area contributed by atoms with Crippen molar-refractivity contribution in [3.8, 4) is 23.0 Å². The molecule has 0 saturated heterocycles. The van der Waals surface area contributed by atoms with E-state index in [-0.39, 0.29) is 18.1 Å². The minimum absolute atomic E-state index is 0.0326. The number of methoxy groups -OCH3 is 3. The van der Waals surface area contributed by atoms with Gasteiger partial charge in [0, 0.05) is 47.3 Å². The first-order valence-electron chi connectivity index (χ1n) is 12.4. The van der Waals surface area contributed by atoms with Crippen molar-refractivity contribution < 1.29 is 34.2 Å². The summed E-state index contributed by atoms with van der Waals surface area (Å²) in [5.41, 5.74) is 1.36. The molecule has 0 saturated carbocycles. The van der Waals surface area contributed by atoms with Crippen LogP contribution in [-0.2, 0) is 10.2 Å². The Hall–Kier alpha value is -4.25. The molecular weight excluding hydrogens is 502 g/mol. The second-order valence-electron chi connectivity index (χ2n) is 9.91. The fourth-order valence-corrected chi connectivity index (χ4v) is 5.38. The highest BCUT2D eigenvalue weighted by Gasteiger charge is 2.59. The van der Waals surface area contributed by atoms with E-state index >= 15 is 0 Å². The van der Waals surface area contributed by atoms with Gasteiger partial charge in [0.1, 0.15) is 18.0 Å². The molecule has 0 radical (unpaired) electrons. The molecule has 1 spiro atoms. The van der Waals surface area contributed by atoms with Crippen LogP contribution < -0.4 is 34.4 Å². The number of nitrogens with zero attached hydrogens (tertiary/aromatic N) is 1. The van der Waals surface area contributed by atoms with Gasteiger partial charge in [-0.15, -0.1) is 0 Å². The number of para-hydroxylation sites is 1. The van der Waals surface area contributed by atoms with Crippen LogP contribution in [0.15, 0.2) is 60.7 Å². The maximum absolute atomic E-state index is 13.5. The summed E-state index contributed by atoms with van der Waals surface area (Å²) in [6.45, 7) is 4.09. The first-order chi connectivity index (χ1) is 18.6. The van der Waals surface area contributed by atoms with Crippen molar-refractivity contribution in [2.45, 2.75) is 25.0 Å². The predicted octanol–water partition coefficient (Wildman–Crippen LogP) is 3.65. The highest BCUT2D eigenvalue weighted by molar-refractivity contribution is 5.95. The van der Waals surface area contributed by atoms with Crippen LogP contribution >= 0.6 is 0 Å². The Kier molecular flexibility index (Phi) is 6.63. The number of carbonyl (C=O) groups is 1. The monoisotopic (exact) mass is 533 g/mol. The van der Waals surface area contributed by atoms with Crippen molar-refractivity contribution in [3.05, 3.63) is 77.0 Å². The Labute approximate surface area is 226 Å². The number of amides is 1. The molecular formula is C29H31N3O7. The second kappa shape index (κ2) is 9.81. The fourth-order valence-electron chi connectivity index (χ4n) is 5.38. The van der Waals surface area contributed by atoms with Gasteiger partial charge in [0.2, 0.25) is 11.6 Å². The first kappa shape index (κ1) is 26.4. The number of rotatable bonds is 7. The molecule has 0 bridgehead atoms. The Morgan fingerprint density at radius 1 is 1.05 bits per heavy atom. The lowest BCUT2D eigenvalue weighted by molar-refractivity contribution is -0.991. The number of nitrogens with one attached hydrogen (secondary N) is 2. The lowest BCUT2D eigenvalue weighted by atomic mass is 9.76. The number of ether oxygens (including phenoxy) is 4. The van der Waals surface area contributed by atoms with Gasteiger partial charge in [0.25, 0.3) is 0 Å². The van der Waals surface area contributed by atoms with E-state index in [1.165, 1.54) is 13.2 Å². The molecule has 0 fully saturated rings. The Morgan fingerprint density at radius 2 is 1.74 bits per heavy atom. The van der Waals surface area contributed by atoms with Crippen LogP contribution in [0.3, 0.4) is 0 Å². The van der Waals surface area contributed by atoms with Crippen molar-refractivity contribution in [1.82, 2.24) is 0 Å². The van der Waals surface area contributed by atoms with Gasteiger partial charge < -0.3 is 34.4 Å². The zero-order chi connectivity index (χ0) is 27.9. The summed E-state index contributed by atoms with van der Waals surface area (Å²) in [6, 6.07) is 16.0. The molecule has 2 heterocycles. The zero-order valence-corrected chi connectivity index (χ0v) is 22.4. The van der Waals surface area contributed by atoms with Gasteiger partial charge in [-0.2, -0.15) is 5.23 Å². The third kappa shape index (κ3) is 4.32. The van der Waals surface area contributed by atoms with E-state index in [9.17, 15) is 15.2 Å². The molecule has 2 aliphatic heterocycles. The largest absolute Gasteiger partial charge is 0.595 e. The van der Waals surface area contributed by atoms with Crippen LogP contribution in [0, 0.1) is 5.21 Å². The molecule has 0 aromatic heterocycles. The van der Waals surface area contributed by atoms with Crippen molar-refractivity contribution in [3.63, 3.8) is 0 Å². The molecule has 204 valence electrons. The number of quaternary nitrogens is 1. The van der Waals surface area contributed by atoms with Gasteiger partial charge in [-0.3, -0.25) is 4.79 Å². The minimum Gasteiger partial charge on any atom is -0.595 e. The molecule has 1 amide bonds. The molecule has 39 heavy (non-hydrogen) atoms. The van der Waals surface area contributed by atoms with Gasteiger partial charge in [-0.1, -0.05) is 18.2 Å². The third-order valence-corrected chi connectivity index (χ3v) is 7.40. The van der Waals surface area contributed by atoms with Gasteiger partial charge in [-0.25, -0.2) is 5.21 Å². The summed E-state index contributed by atoms with van der Waals surface area (Å²) in [5, 5.41) is 23.1. The minimum atomic E-state index is -1.11. The SMILES string of the molecule is COc1cc(NC(=O)CN2c3ccccc3C(C)(C)C23C=Cc2cc([NH+]([O-])O)cc(OC)c2O3)cc(OC)c1. The smallest absolute Gasteiger partial charge is 0.244 e. The second-order valence-corrected chi connectivity index (χ2v) is 9.91. The van der Waals surface area contributed by atoms with Gasteiger partial charge in [0.15, 0.2) is 17.2 Å². The normalized spacial score (nSPS) is 19.1. The van der Waals surface area contributed by atoms with Crippen molar-refractivity contribution in [2.75, 3.05) is 38.1 Å². The number of anilines is 2. The molecule has 0 aliphatic carbocycles. The maximum Gasteiger partial charge on any atom is 0.244 e. The molecule has 3 aromatic rings. The van der Waals surface area contributed by atoms with E-state index in [4.69, 9.17) is 18.9 Å². The lowest BCUT2D eigenvalue weighted by Gasteiger charge is -2.47. The van der Waals surface area contributed by atoms with Gasteiger partial charge in [-0.05, 0) is 37.6 Å². The van der Waals surface area contributed by atoms with E-state index in [2.05, 4.69) is 19.2 Å². The van der Waals surface area contributed by atoms with Crippen LogP contribution in [0.1, 0.15) is 25.0 Å². The molecule has 2 atom stereocenters. The Bertz CT molecular complexity index is 1430. The number of hydrogen-bond donors (Lipinski definition) is 3. The maximum atomic E-state index is 13.5. The molecule has 2 aliphatic rings. The van der Waals surface area contributed by atoms with Crippen LogP contribution in [0.4, 0.5) is 17.1 Å². The van der Waals surface area contributed by atoms with Crippen LogP contribution in [0.2, 0.25) is 0 Å². The number of hydrogen-bond acceptors (Lipinski definition) is 8. The van der Waals surface area contributed by atoms with Gasteiger partial charge >= 0.3 is 0 Å². The highest BCUT2D eigenvalue weighted by atomic mass is 16.8. The third-order valence-electron chi connectivity index (χ3n) is 7.40. The summed E-state index contributed by atoms with van der Waals surface area (Å²) in [6.07, 6.45) is 3.72. The molecule has 5 rings (SSSR count). The summed E-state index contributed by atoms with van der Waals surface area (Å²) in [7, 11) is 4.56. The van der Waals surface area contributed by atoms with E-state index in [1.807, 2.05) is 41.3 Å². The average Bonchev–Trinajstić information content (AvgIpc) is 3.10. The number of fused-ring (bicyclic) bond motifs is 2. The molecule has 3 N–H and O–H groups in total. The lowest BCUT2D eigenvalue weighted by Crippen LogP contribution is -2.99. The summed E-state index contributed by atoms with van der Waals surface area (Å²) in [5.74, 6) is 1.55. The molecule has 2 unspecified atom stereocenters. The van der Waals surface area contributed by atoms with Crippen molar-refractivity contribution >= 4 is 29.0 Å². The fraction of sp³-hybridized carbons (Fsp3) is 0.276. The molecule has 10 nitrogen and oxygen atoms in total. The van der Waals surface area contributed by atoms with E-state index in [0.29, 0.717) is 34.2 Å². The zero-order valence-electron chi connectivity index (χ0n) is 22.4. The van der Waals surface area contributed by atoms with Crippen LogP contribution in [-0.4, -0.2) is 44.7 Å². The Morgan fingerprint density at radius 3 is 2.38 bits per heavy atom. The van der Waals surface area contributed by atoms with Gasteiger partial charge in [0.05, 0.1) is 26.7 Å².